The van der Waals surface area contributed by atoms with Crippen molar-refractivity contribution in [2.75, 3.05) is 19.5 Å². The molecule has 0 bridgehead atoms. The number of hydrogen-bond donors (Lipinski definition) is 1. The van der Waals surface area contributed by atoms with Gasteiger partial charge in [-0.3, -0.25) is 4.79 Å². The molecule has 0 atom stereocenters. The standard InChI is InChI=1S/C16H14Cl3NO3/c1-22-14-8-13(15(23-2)7-12(14)19)20-16(21)6-9-10(17)4-3-5-11(9)18/h3-5,7-8H,6H2,1-2H3,(H,20,21). The van der Waals surface area contributed by atoms with E-state index in [-0.39, 0.29) is 12.3 Å². The van der Waals surface area contributed by atoms with Crippen LogP contribution in [0.5, 0.6) is 11.5 Å². The van der Waals surface area contributed by atoms with E-state index in [2.05, 4.69) is 5.32 Å². The van der Waals surface area contributed by atoms with Gasteiger partial charge in [0.25, 0.3) is 0 Å². The third kappa shape index (κ3) is 4.22. The molecule has 0 saturated heterocycles. The molecule has 7 heteroatoms. The molecule has 0 heterocycles. The first kappa shape index (κ1) is 17.7. The van der Waals surface area contributed by atoms with E-state index in [4.69, 9.17) is 44.3 Å². The minimum Gasteiger partial charge on any atom is -0.495 e. The predicted molar refractivity (Wildman–Crippen MR) is 93.4 cm³/mol. The highest BCUT2D eigenvalue weighted by molar-refractivity contribution is 6.36. The normalized spacial score (nSPS) is 10.3. The summed E-state index contributed by atoms with van der Waals surface area (Å²) in [5.41, 5.74) is 1.01. The Morgan fingerprint density at radius 1 is 1.00 bits per heavy atom. The van der Waals surface area contributed by atoms with Gasteiger partial charge in [-0.2, -0.15) is 0 Å². The number of nitrogens with one attached hydrogen (secondary N) is 1. The van der Waals surface area contributed by atoms with Crippen LogP contribution in [0.15, 0.2) is 30.3 Å². The molecule has 0 aromatic heterocycles. The lowest BCUT2D eigenvalue weighted by Gasteiger charge is -2.13. The van der Waals surface area contributed by atoms with E-state index >= 15 is 0 Å². The van der Waals surface area contributed by atoms with Crippen LogP contribution in [0, 0.1) is 0 Å². The van der Waals surface area contributed by atoms with Crippen molar-refractivity contribution in [1.82, 2.24) is 0 Å². The molecule has 2 rings (SSSR count). The lowest BCUT2D eigenvalue weighted by atomic mass is 10.1. The van der Waals surface area contributed by atoms with Gasteiger partial charge in [0.05, 0.1) is 31.4 Å². The molecular weight excluding hydrogens is 361 g/mol. The van der Waals surface area contributed by atoms with Gasteiger partial charge in [0.1, 0.15) is 11.5 Å². The zero-order valence-corrected chi connectivity index (χ0v) is 14.7. The van der Waals surface area contributed by atoms with Crippen LogP contribution in [0.4, 0.5) is 5.69 Å². The van der Waals surface area contributed by atoms with E-state index in [0.29, 0.717) is 37.8 Å². The second-order valence-electron chi connectivity index (χ2n) is 4.61. The number of benzene rings is 2. The van der Waals surface area contributed by atoms with Gasteiger partial charge in [-0.05, 0) is 17.7 Å². The highest BCUT2D eigenvalue weighted by Gasteiger charge is 2.15. The molecule has 122 valence electrons. The number of halogens is 3. The number of carbonyl (C=O) groups is 1. The Morgan fingerprint density at radius 2 is 1.61 bits per heavy atom. The minimum absolute atomic E-state index is 0.0343. The molecule has 4 nitrogen and oxygen atoms in total. The van der Waals surface area contributed by atoms with E-state index in [0.717, 1.165) is 0 Å². The Morgan fingerprint density at radius 3 is 2.17 bits per heavy atom. The average molecular weight is 375 g/mol. The first-order chi connectivity index (χ1) is 11.0. The van der Waals surface area contributed by atoms with Crippen molar-refractivity contribution in [2.45, 2.75) is 6.42 Å². The van der Waals surface area contributed by atoms with Crippen LogP contribution < -0.4 is 14.8 Å². The Bertz CT molecular complexity index is 715. The fraction of sp³-hybridized carbons (Fsp3) is 0.188. The molecule has 1 N–H and O–H groups in total. The minimum atomic E-state index is -0.289. The van der Waals surface area contributed by atoms with Gasteiger partial charge in [0, 0.05) is 22.2 Å². The van der Waals surface area contributed by atoms with E-state index in [1.165, 1.54) is 14.2 Å². The molecule has 0 aliphatic heterocycles. The zero-order chi connectivity index (χ0) is 17.0. The molecule has 0 radical (unpaired) electrons. The van der Waals surface area contributed by atoms with Gasteiger partial charge in [0.2, 0.25) is 5.91 Å². The van der Waals surface area contributed by atoms with Crippen molar-refractivity contribution in [2.24, 2.45) is 0 Å². The molecule has 0 aliphatic carbocycles. The average Bonchev–Trinajstić information content (AvgIpc) is 2.52. The first-order valence-electron chi connectivity index (χ1n) is 6.60. The van der Waals surface area contributed by atoms with E-state index in [9.17, 15) is 4.79 Å². The fourth-order valence-electron chi connectivity index (χ4n) is 2.01. The Balaban J connectivity index is 2.23. The van der Waals surface area contributed by atoms with Crippen LogP contribution >= 0.6 is 34.8 Å². The van der Waals surface area contributed by atoms with Gasteiger partial charge in [-0.15, -0.1) is 0 Å². The number of carbonyl (C=O) groups excluding carboxylic acids is 1. The number of hydrogen-bond acceptors (Lipinski definition) is 3. The molecule has 2 aromatic carbocycles. The molecule has 0 aliphatic rings. The lowest BCUT2D eigenvalue weighted by Crippen LogP contribution is -2.15. The summed E-state index contributed by atoms with van der Waals surface area (Å²) in [7, 11) is 2.97. The SMILES string of the molecule is COc1cc(NC(=O)Cc2c(Cl)cccc2Cl)c(OC)cc1Cl. The molecular formula is C16H14Cl3NO3. The zero-order valence-electron chi connectivity index (χ0n) is 12.5. The molecule has 1 amide bonds. The molecule has 23 heavy (non-hydrogen) atoms. The van der Waals surface area contributed by atoms with Crippen molar-refractivity contribution >= 4 is 46.4 Å². The van der Waals surface area contributed by atoms with Gasteiger partial charge in [-0.1, -0.05) is 40.9 Å². The molecule has 0 unspecified atom stereocenters. The number of methoxy groups -OCH3 is 2. The Kier molecular flexibility index (Phi) is 5.99. The summed E-state index contributed by atoms with van der Waals surface area (Å²) in [4.78, 5) is 12.3. The maximum Gasteiger partial charge on any atom is 0.229 e. The summed E-state index contributed by atoms with van der Waals surface area (Å²) < 4.78 is 10.4. The number of rotatable bonds is 5. The van der Waals surface area contributed by atoms with E-state index in [1.54, 1.807) is 30.3 Å². The number of amides is 1. The van der Waals surface area contributed by atoms with Gasteiger partial charge < -0.3 is 14.8 Å². The van der Waals surface area contributed by atoms with Crippen molar-refractivity contribution in [3.05, 3.63) is 51.0 Å². The monoisotopic (exact) mass is 373 g/mol. The van der Waals surface area contributed by atoms with Crippen LogP contribution in [0.3, 0.4) is 0 Å². The molecule has 0 fully saturated rings. The highest BCUT2D eigenvalue weighted by Crippen LogP contribution is 2.36. The topological polar surface area (TPSA) is 47.6 Å². The van der Waals surface area contributed by atoms with Gasteiger partial charge in [0.15, 0.2) is 0 Å². The highest BCUT2D eigenvalue weighted by atomic mass is 35.5. The van der Waals surface area contributed by atoms with Gasteiger partial charge >= 0.3 is 0 Å². The van der Waals surface area contributed by atoms with Crippen LogP contribution in [-0.2, 0) is 11.2 Å². The predicted octanol–water partition coefficient (Wildman–Crippen LogP) is 4.85. The van der Waals surface area contributed by atoms with Crippen LogP contribution in [0.25, 0.3) is 0 Å². The molecule has 0 saturated carbocycles. The third-order valence-corrected chi connectivity index (χ3v) is 4.15. The number of ether oxygens (including phenoxy) is 2. The summed E-state index contributed by atoms with van der Waals surface area (Å²) in [6.07, 6.45) is 0.0343. The van der Waals surface area contributed by atoms with Crippen molar-refractivity contribution in [3.63, 3.8) is 0 Å². The summed E-state index contributed by atoms with van der Waals surface area (Å²) >= 11 is 18.2. The Hall–Kier alpha value is -1.62. The quantitative estimate of drug-likeness (QED) is 0.814. The fourth-order valence-corrected chi connectivity index (χ4v) is 2.78. The Labute approximate surface area is 149 Å². The summed E-state index contributed by atoms with van der Waals surface area (Å²) in [5.74, 6) is 0.565. The van der Waals surface area contributed by atoms with Crippen LogP contribution in [0.2, 0.25) is 15.1 Å². The van der Waals surface area contributed by atoms with Crippen molar-refractivity contribution in [3.8, 4) is 11.5 Å². The van der Waals surface area contributed by atoms with Crippen LogP contribution in [-0.4, -0.2) is 20.1 Å². The summed E-state index contributed by atoms with van der Waals surface area (Å²) in [5, 5.41) is 4.01. The second-order valence-corrected chi connectivity index (χ2v) is 5.83. The third-order valence-electron chi connectivity index (χ3n) is 3.15. The van der Waals surface area contributed by atoms with Crippen LogP contribution in [0.1, 0.15) is 5.56 Å². The van der Waals surface area contributed by atoms with Crippen molar-refractivity contribution < 1.29 is 14.3 Å². The molecule has 0 spiro atoms. The summed E-state index contributed by atoms with van der Waals surface area (Å²) in [6.45, 7) is 0. The largest absolute Gasteiger partial charge is 0.495 e. The van der Waals surface area contributed by atoms with Gasteiger partial charge in [-0.25, -0.2) is 0 Å². The lowest BCUT2D eigenvalue weighted by molar-refractivity contribution is -0.115. The summed E-state index contributed by atoms with van der Waals surface area (Å²) in [6, 6.07) is 8.24. The van der Waals surface area contributed by atoms with Crippen molar-refractivity contribution in [1.29, 1.82) is 0 Å². The maximum atomic E-state index is 12.3. The second kappa shape index (κ2) is 7.77. The van der Waals surface area contributed by atoms with E-state index < -0.39 is 0 Å². The first-order valence-corrected chi connectivity index (χ1v) is 7.74. The molecule has 2 aromatic rings. The maximum absolute atomic E-state index is 12.3. The number of anilines is 1. The van der Waals surface area contributed by atoms with E-state index in [1.807, 2.05) is 0 Å². The smallest absolute Gasteiger partial charge is 0.229 e.